The normalized spacial score (nSPS) is 20.2. The molecule has 1 aliphatic rings. The van der Waals surface area contributed by atoms with Crippen molar-refractivity contribution in [2.75, 3.05) is 26.2 Å². The molecular formula is C22H32N4OS. The predicted molar refractivity (Wildman–Crippen MR) is 117 cm³/mol. The molecule has 0 bridgehead atoms. The minimum absolute atomic E-state index is 0.138. The predicted octanol–water partition coefficient (Wildman–Crippen LogP) is 4.03. The number of aromatic nitrogens is 1. The Bertz CT molecular complexity index is 756. The average molecular weight is 401 g/mol. The molecule has 0 amide bonds. The number of hydrogen-bond acceptors (Lipinski definition) is 4. The highest BCUT2D eigenvalue weighted by Crippen LogP contribution is 2.33. The number of hydrogen-bond donors (Lipinski definition) is 2. The zero-order valence-electron chi connectivity index (χ0n) is 17.2. The lowest BCUT2D eigenvalue weighted by molar-refractivity contribution is -0.0250. The molecule has 3 rings (SSSR count). The maximum Gasteiger partial charge on any atom is 0.191 e. The second kappa shape index (κ2) is 10.6. The maximum atomic E-state index is 6.13. The molecule has 1 saturated heterocycles. The molecule has 152 valence electrons. The minimum atomic E-state index is 0.138. The Kier molecular flexibility index (Phi) is 7.86. The molecule has 1 fully saturated rings. The van der Waals surface area contributed by atoms with E-state index < -0.39 is 0 Å². The fourth-order valence-corrected chi connectivity index (χ4v) is 4.18. The van der Waals surface area contributed by atoms with E-state index in [2.05, 4.69) is 59.1 Å². The van der Waals surface area contributed by atoms with Crippen LogP contribution in [0.15, 0.2) is 34.6 Å². The first kappa shape index (κ1) is 20.8. The smallest absolute Gasteiger partial charge is 0.191 e. The van der Waals surface area contributed by atoms with Crippen molar-refractivity contribution in [3.05, 3.63) is 51.5 Å². The summed E-state index contributed by atoms with van der Waals surface area (Å²) in [4.78, 5) is 9.39. The van der Waals surface area contributed by atoms with Crippen molar-refractivity contribution < 1.29 is 4.74 Å². The molecule has 28 heavy (non-hydrogen) atoms. The van der Waals surface area contributed by atoms with E-state index in [0.29, 0.717) is 5.92 Å². The Morgan fingerprint density at radius 1 is 1.25 bits per heavy atom. The van der Waals surface area contributed by atoms with Crippen LogP contribution in [0.4, 0.5) is 0 Å². The third-order valence-electron chi connectivity index (χ3n) is 5.02. The third-order valence-corrected chi connectivity index (χ3v) is 5.84. The zero-order valence-corrected chi connectivity index (χ0v) is 18.0. The van der Waals surface area contributed by atoms with Gasteiger partial charge in [-0.15, -0.1) is 11.3 Å². The number of thiazole rings is 1. The number of nitrogens with one attached hydrogen (secondary N) is 2. The quantitative estimate of drug-likeness (QED) is 0.544. The van der Waals surface area contributed by atoms with Gasteiger partial charge in [0.2, 0.25) is 0 Å². The van der Waals surface area contributed by atoms with Crippen molar-refractivity contribution in [1.29, 1.82) is 0 Å². The maximum absolute atomic E-state index is 6.13. The third kappa shape index (κ3) is 6.04. The van der Waals surface area contributed by atoms with E-state index in [1.165, 1.54) is 11.1 Å². The number of rotatable bonds is 7. The van der Waals surface area contributed by atoms with Crippen LogP contribution in [-0.2, 0) is 11.2 Å². The van der Waals surface area contributed by atoms with Gasteiger partial charge in [-0.25, -0.2) is 4.98 Å². The SMILES string of the molecule is CCNC(=NCC1CCCOC1c1ccc(C)cc1)NCCc1csc(C)n1. The van der Waals surface area contributed by atoms with Crippen LogP contribution >= 0.6 is 11.3 Å². The summed E-state index contributed by atoms with van der Waals surface area (Å²) < 4.78 is 6.13. The van der Waals surface area contributed by atoms with Gasteiger partial charge in [-0.1, -0.05) is 29.8 Å². The monoisotopic (exact) mass is 400 g/mol. The van der Waals surface area contributed by atoms with Crippen molar-refractivity contribution in [1.82, 2.24) is 15.6 Å². The van der Waals surface area contributed by atoms with Crippen LogP contribution in [0.5, 0.6) is 0 Å². The van der Waals surface area contributed by atoms with E-state index in [-0.39, 0.29) is 6.10 Å². The van der Waals surface area contributed by atoms with Crippen molar-refractivity contribution in [3.63, 3.8) is 0 Å². The average Bonchev–Trinajstić information content (AvgIpc) is 3.12. The van der Waals surface area contributed by atoms with Crippen molar-refractivity contribution >= 4 is 17.3 Å². The summed E-state index contributed by atoms with van der Waals surface area (Å²) in [5.74, 6) is 1.29. The number of aryl methyl sites for hydroxylation is 2. The van der Waals surface area contributed by atoms with E-state index in [4.69, 9.17) is 9.73 Å². The molecule has 6 heteroatoms. The Balaban J connectivity index is 1.58. The van der Waals surface area contributed by atoms with Crippen LogP contribution in [0.2, 0.25) is 0 Å². The number of benzene rings is 1. The molecule has 2 N–H and O–H groups in total. The lowest BCUT2D eigenvalue weighted by atomic mass is 9.89. The van der Waals surface area contributed by atoms with E-state index >= 15 is 0 Å². The Hall–Kier alpha value is -1.92. The van der Waals surface area contributed by atoms with Gasteiger partial charge in [0.05, 0.1) is 16.8 Å². The van der Waals surface area contributed by atoms with Gasteiger partial charge < -0.3 is 15.4 Å². The molecule has 2 unspecified atom stereocenters. The highest BCUT2D eigenvalue weighted by atomic mass is 32.1. The summed E-state index contributed by atoms with van der Waals surface area (Å²) in [5, 5.41) is 10.1. The van der Waals surface area contributed by atoms with Gasteiger partial charge >= 0.3 is 0 Å². The topological polar surface area (TPSA) is 58.5 Å². The summed E-state index contributed by atoms with van der Waals surface area (Å²) in [6, 6.07) is 8.72. The minimum Gasteiger partial charge on any atom is -0.373 e. The molecule has 5 nitrogen and oxygen atoms in total. The van der Waals surface area contributed by atoms with Crippen molar-refractivity contribution in [3.8, 4) is 0 Å². The fraction of sp³-hybridized carbons (Fsp3) is 0.545. The van der Waals surface area contributed by atoms with Crippen LogP contribution in [0.1, 0.15) is 47.7 Å². The molecule has 1 aromatic heterocycles. The highest BCUT2D eigenvalue weighted by molar-refractivity contribution is 7.09. The van der Waals surface area contributed by atoms with Gasteiger partial charge in [-0.2, -0.15) is 0 Å². The second-order valence-corrected chi connectivity index (χ2v) is 8.42. The van der Waals surface area contributed by atoms with Crippen LogP contribution in [-0.4, -0.2) is 37.2 Å². The van der Waals surface area contributed by atoms with E-state index in [0.717, 1.165) is 62.2 Å². The molecule has 0 saturated carbocycles. The molecule has 1 aromatic carbocycles. The number of nitrogens with zero attached hydrogens (tertiary/aromatic N) is 2. The highest BCUT2D eigenvalue weighted by Gasteiger charge is 2.27. The Morgan fingerprint density at radius 2 is 2.07 bits per heavy atom. The largest absolute Gasteiger partial charge is 0.373 e. The summed E-state index contributed by atoms with van der Waals surface area (Å²) in [7, 11) is 0. The fourth-order valence-electron chi connectivity index (χ4n) is 3.54. The summed E-state index contributed by atoms with van der Waals surface area (Å²) in [6.07, 6.45) is 3.31. The molecule has 2 aromatic rings. The molecule has 0 radical (unpaired) electrons. The number of aliphatic imine (C=N–C) groups is 1. The van der Waals surface area contributed by atoms with Gasteiger partial charge in [0.25, 0.3) is 0 Å². The lowest BCUT2D eigenvalue weighted by Gasteiger charge is -2.31. The van der Waals surface area contributed by atoms with E-state index in [1.807, 2.05) is 6.92 Å². The van der Waals surface area contributed by atoms with E-state index in [9.17, 15) is 0 Å². The van der Waals surface area contributed by atoms with Crippen LogP contribution in [0.3, 0.4) is 0 Å². The summed E-state index contributed by atoms with van der Waals surface area (Å²) in [6.45, 7) is 9.55. The standard InChI is InChI=1S/C22H32N4OS/c1-4-23-22(24-12-11-20-15-28-17(3)26-20)25-14-19-6-5-13-27-21(19)18-9-7-16(2)8-10-18/h7-10,15,19,21H,4-6,11-14H2,1-3H3,(H2,23,24,25). The molecular weight excluding hydrogens is 368 g/mol. The van der Waals surface area contributed by atoms with Gasteiger partial charge in [0, 0.05) is 44.0 Å². The van der Waals surface area contributed by atoms with Crippen LogP contribution < -0.4 is 10.6 Å². The molecule has 2 atom stereocenters. The Morgan fingerprint density at radius 3 is 2.79 bits per heavy atom. The first-order valence-corrected chi connectivity index (χ1v) is 11.1. The summed E-state index contributed by atoms with van der Waals surface area (Å²) >= 11 is 1.70. The molecule has 0 spiro atoms. The van der Waals surface area contributed by atoms with Gasteiger partial charge in [0.1, 0.15) is 0 Å². The number of ether oxygens (including phenoxy) is 1. The summed E-state index contributed by atoms with van der Waals surface area (Å²) in [5.41, 5.74) is 3.69. The molecule has 1 aliphatic heterocycles. The molecule has 0 aliphatic carbocycles. The second-order valence-electron chi connectivity index (χ2n) is 7.36. The first-order valence-electron chi connectivity index (χ1n) is 10.3. The molecule has 2 heterocycles. The van der Waals surface area contributed by atoms with Crippen molar-refractivity contribution in [2.45, 2.75) is 46.1 Å². The van der Waals surface area contributed by atoms with Crippen LogP contribution in [0, 0.1) is 19.8 Å². The van der Waals surface area contributed by atoms with Gasteiger partial charge in [0.15, 0.2) is 5.96 Å². The lowest BCUT2D eigenvalue weighted by Crippen LogP contribution is -2.39. The van der Waals surface area contributed by atoms with Gasteiger partial charge in [-0.3, -0.25) is 4.99 Å². The first-order chi connectivity index (χ1) is 13.7. The van der Waals surface area contributed by atoms with Gasteiger partial charge in [-0.05, 0) is 39.2 Å². The Labute approximate surface area is 172 Å². The number of guanidine groups is 1. The van der Waals surface area contributed by atoms with Crippen LogP contribution in [0.25, 0.3) is 0 Å². The zero-order chi connectivity index (χ0) is 19.8. The van der Waals surface area contributed by atoms with E-state index in [1.54, 1.807) is 11.3 Å². The van der Waals surface area contributed by atoms with Crippen molar-refractivity contribution in [2.24, 2.45) is 10.9 Å².